The minimum Gasteiger partial charge on any atom is -0.455 e. The molecule has 222 valence electrons. The summed E-state index contributed by atoms with van der Waals surface area (Å²) in [6.07, 6.45) is 0. The molecule has 2 nitrogen and oxygen atoms in total. The molecule has 7 aromatic carbocycles. The van der Waals surface area contributed by atoms with Crippen LogP contribution in [0.3, 0.4) is 0 Å². The number of pyridine rings is 1. The van der Waals surface area contributed by atoms with E-state index in [4.69, 9.17) is 9.40 Å². The van der Waals surface area contributed by atoms with Gasteiger partial charge in [0.1, 0.15) is 11.2 Å². The molecule has 3 aromatic heterocycles. The van der Waals surface area contributed by atoms with Crippen LogP contribution in [-0.2, 0) is 0 Å². The molecule has 1 aliphatic carbocycles. The van der Waals surface area contributed by atoms with Crippen molar-refractivity contribution >= 4 is 64.2 Å². The first-order valence-corrected chi connectivity index (χ1v) is 17.1. The lowest BCUT2D eigenvalue weighted by Crippen LogP contribution is -1.92. The number of nitrogens with zero attached hydrogens (tertiary/aromatic N) is 1. The van der Waals surface area contributed by atoms with E-state index in [1.807, 2.05) is 17.4 Å². The lowest BCUT2D eigenvalue weighted by molar-refractivity contribution is 0.672. The normalized spacial score (nSPS) is 12.2. The van der Waals surface area contributed by atoms with E-state index in [0.29, 0.717) is 0 Å². The Kier molecular flexibility index (Phi) is 5.29. The Morgan fingerprint density at radius 1 is 0.417 bits per heavy atom. The lowest BCUT2D eigenvalue weighted by Gasteiger charge is -2.14. The molecule has 0 radical (unpaired) electrons. The predicted octanol–water partition coefficient (Wildman–Crippen LogP) is 13.2. The number of hydrogen-bond acceptors (Lipinski definition) is 3. The summed E-state index contributed by atoms with van der Waals surface area (Å²) in [6.45, 7) is 0. The molecule has 11 rings (SSSR count). The smallest absolute Gasteiger partial charge is 0.143 e. The Bertz CT molecular complexity index is 2950. The highest BCUT2D eigenvalue weighted by atomic mass is 32.1. The summed E-state index contributed by atoms with van der Waals surface area (Å²) in [4.78, 5) is 5.29. The van der Waals surface area contributed by atoms with E-state index in [1.165, 1.54) is 53.4 Å². The highest BCUT2D eigenvalue weighted by Crippen LogP contribution is 2.54. The van der Waals surface area contributed by atoms with Crippen molar-refractivity contribution in [1.82, 2.24) is 4.98 Å². The number of aromatic nitrogens is 1. The van der Waals surface area contributed by atoms with E-state index < -0.39 is 0 Å². The van der Waals surface area contributed by atoms with Crippen LogP contribution in [0.1, 0.15) is 0 Å². The van der Waals surface area contributed by atoms with Crippen molar-refractivity contribution in [2.75, 3.05) is 0 Å². The van der Waals surface area contributed by atoms with Crippen molar-refractivity contribution in [1.29, 1.82) is 0 Å². The van der Waals surface area contributed by atoms with Gasteiger partial charge in [-0.15, -0.1) is 11.3 Å². The zero-order valence-electron chi connectivity index (χ0n) is 25.7. The number of benzene rings is 7. The maximum atomic E-state index is 6.49. The van der Waals surface area contributed by atoms with Crippen LogP contribution in [0.2, 0.25) is 0 Å². The Morgan fingerprint density at radius 2 is 1.12 bits per heavy atom. The molecular formula is C45H25NOS. The number of rotatable bonds is 3. The molecule has 0 atom stereocenters. The molecular weight excluding hydrogens is 603 g/mol. The van der Waals surface area contributed by atoms with Crippen molar-refractivity contribution in [3.63, 3.8) is 0 Å². The molecule has 0 saturated heterocycles. The van der Waals surface area contributed by atoms with Gasteiger partial charge in [0.2, 0.25) is 0 Å². The third-order valence-corrected chi connectivity index (χ3v) is 11.1. The molecule has 0 spiro atoms. The fourth-order valence-electron chi connectivity index (χ4n) is 7.86. The summed E-state index contributed by atoms with van der Waals surface area (Å²) in [5.41, 5.74) is 13.5. The first kappa shape index (κ1) is 26.1. The molecule has 0 aliphatic heterocycles. The van der Waals surface area contributed by atoms with Gasteiger partial charge in [-0.05, 0) is 69.8 Å². The number of furan rings is 1. The van der Waals surface area contributed by atoms with Gasteiger partial charge >= 0.3 is 0 Å². The van der Waals surface area contributed by atoms with Gasteiger partial charge in [0.15, 0.2) is 0 Å². The number of hydrogen-bond donors (Lipinski definition) is 0. The average Bonchev–Trinajstić information content (AvgIpc) is 3.82. The maximum absolute atomic E-state index is 6.49. The molecule has 0 unspecified atom stereocenters. The summed E-state index contributed by atoms with van der Waals surface area (Å²) < 4.78 is 9.08. The second-order valence-electron chi connectivity index (χ2n) is 12.7. The number of thiophene rings is 1. The van der Waals surface area contributed by atoms with Gasteiger partial charge in [-0.25, -0.2) is 4.98 Å². The van der Waals surface area contributed by atoms with Crippen molar-refractivity contribution in [3.8, 4) is 55.9 Å². The van der Waals surface area contributed by atoms with Crippen molar-refractivity contribution in [2.24, 2.45) is 0 Å². The average molecular weight is 628 g/mol. The van der Waals surface area contributed by atoms with Crippen LogP contribution in [0.4, 0.5) is 0 Å². The minimum atomic E-state index is 0.923. The van der Waals surface area contributed by atoms with Gasteiger partial charge < -0.3 is 4.42 Å². The van der Waals surface area contributed by atoms with E-state index in [-0.39, 0.29) is 0 Å². The van der Waals surface area contributed by atoms with Crippen LogP contribution in [0, 0.1) is 0 Å². The van der Waals surface area contributed by atoms with Crippen LogP contribution >= 0.6 is 11.3 Å². The van der Waals surface area contributed by atoms with Gasteiger partial charge in [0.25, 0.3) is 0 Å². The van der Waals surface area contributed by atoms with Gasteiger partial charge in [-0.1, -0.05) is 115 Å². The zero-order chi connectivity index (χ0) is 31.3. The summed E-state index contributed by atoms with van der Waals surface area (Å²) in [6, 6.07) is 54.6. The van der Waals surface area contributed by atoms with E-state index in [1.54, 1.807) is 0 Å². The molecule has 0 amide bonds. The van der Waals surface area contributed by atoms with Gasteiger partial charge in [-0.2, -0.15) is 0 Å². The molecule has 48 heavy (non-hydrogen) atoms. The summed E-state index contributed by atoms with van der Waals surface area (Å²) in [7, 11) is 0. The minimum absolute atomic E-state index is 0.923. The monoisotopic (exact) mass is 627 g/mol. The summed E-state index contributed by atoms with van der Waals surface area (Å²) >= 11 is 1.84. The fourth-order valence-corrected chi connectivity index (χ4v) is 9.01. The molecule has 0 N–H and O–H groups in total. The summed E-state index contributed by atoms with van der Waals surface area (Å²) in [5, 5.41) is 7.34. The highest BCUT2D eigenvalue weighted by molar-refractivity contribution is 7.25. The Hall–Kier alpha value is -6.03. The Labute approximate surface area is 280 Å². The molecule has 0 saturated carbocycles. The van der Waals surface area contributed by atoms with E-state index in [9.17, 15) is 0 Å². The first-order chi connectivity index (χ1) is 23.8. The third-order valence-electron chi connectivity index (χ3n) is 10.0. The second-order valence-corrected chi connectivity index (χ2v) is 13.7. The topological polar surface area (TPSA) is 26.0 Å². The zero-order valence-corrected chi connectivity index (χ0v) is 26.5. The molecule has 10 aromatic rings. The molecule has 3 heterocycles. The standard InChI is InChI=1S/C45H25NOS/c1-2-10-26(11-3-1)38-22-28(23-39(46-38)27-20-21-32-31-13-5-7-19-41(31)48-42(32)24-27)29-14-8-15-33-34-16-9-17-35-44(34)37(43(29)33)25-36-30-12-4-6-18-40(30)47-45(35)36/h1-25H. The molecule has 0 fully saturated rings. The van der Waals surface area contributed by atoms with Crippen molar-refractivity contribution in [3.05, 3.63) is 152 Å². The maximum Gasteiger partial charge on any atom is 0.143 e. The van der Waals surface area contributed by atoms with Gasteiger partial charge in [-0.3, -0.25) is 0 Å². The highest BCUT2D eigenvalue weighted by Gasteiger charge is 2.27. The fraction of sp³-hybridized carbons (Fsp3) is 0. The van der Waals surface area contributed by atoms with Gasteiger partial charge in [0, 0.05) is 52.8 Å². The second kappa shape index (κ2) is 9.74. The van der Waals surface area contributed by atoms with E-state index in [2.05, 4.69) is 146 Å². The van der Waals surface area contributed by atoms with Crippen LogP contribution in [-0.4, -0.2) is 4.98 Å². The molecule has 0 bridgehead atoms. The predicted molar refractivity (Wildman–Crippen MR) is 203 cm³/mol. The van der Waals surface area contributed by atoms with Crippen LogP contribution in [0.15, 0.2) is 156 Å². The Morgan fingerprint density at radius 3 is 2.04 bits per heavy atom. The third kappa shape index (κ3) is 3.65. The van der Waals surface area contributed by atoms with Crippen molar-refractivity contribution < 1.29 is 4.42 Å². The summed E-state index contributed by atoms with van der Waals surface area (Å²) in [5.74, 6) is 0. The SMILES string of the molecule is c1ccc(-c2cc(-c3cccc4c3-c3cc5c6ccccc6oc5c5cccc-4c35)cc(-c3ccc4c(c3)sc3ccccc34)n2)cc1. The van der Waals surface area contributed by atoms with Crippen LogP contribution in [0.25, 0.3) is 109 Å². The van der Waals surface area contributed by atoms with E-state index in [0.717, 1.165) is 55.4 Å². The molecule has 3 heteroatoms. The Balaban J connectivity index is 1.18. The van der Waals surface area contributed by atoms with Crippen LogP contribution < -0.4 is 0 Å². The van der Waals surface area contributed by atoms with Crippen molar-refractivity contribution in [2.45, 2.75) is 0 Å². The molecule has 1 aliphatic rings. The van der Waals surface area contributed by atoms with Crippen LogP contribution in [0.5, 0.6) is 0 Å². The first-order valence-electron chi connectivity index (χ1n) is 16.3. The number of para-hydroxylation sites is 1. The largest absolute Gasteiger partial charge is 0.455 e. The van der Waals surface area contributed by atoms with Gasteiger partial charge in [0.05, 0.1) is 11.4 Å². The van der Waals surface area contributed by atoms with E-state index >= 15 is 0 Å². The lowest BCUT2D eigenvalue weighted by atomic mass is 9.91. The quantitative estimate of drug-likeness (QED) is 0.195. The number of fused-ring (bicyclic) bond motifs is 10.